The third-order valence-electron chi connectivity index (χ3n) is 14.2. The molecule has 0 bridgehead atoms. The minimum absolute atomic E-state index is 0.0319. The van der Waals surface area contributed by atoms with Gasteiger partial charge in [-0.25, -0.2) is 0 Å². The van der Waals surface area contributed by atoms with Gasteiger partial charge in [-0.3, -0.25) is 4.79 Å². The Kier molecular flexibility index (Phi) is 43.9. The van der Waals surface area contributed by atoms with Crippen molar-refractivity contribution in [3.63, 3.8) is 0 Å². The van der Waals surface area contributed by atoms with E-state index in [1.165, 1.54) is 277 Å². The SMILES string of the molecule is CCCCCCCCCNC(CCN(CCCCCCCCC)CCCCCCCCC)C(=O)N1CCCC(CCN(CCCCCCCCC)CCCCCCCCC)C1. The van der Waals surface area contributed by atoms with Gasteiger partial charge in [0.1, 0.15) is 0 Å². The van der Waals surface area contributed by atoms with Crippen LogP contribution in [0.15, 0.2) is 0 Å². The molecule has 1 N–H and O–H groups in total. The Hall–Kier alpha value is -0.650. The van der Waals surface area contributed by atoms with Gasteiger partial charge in [-0.1, -0.05) is 227 Å². The highest BCUT2D eigenvalue weighted by molar-refractivity contribution is 5.82. The molecule has 0 spiro atoms. The number of rotatable bonds is 48. The molecule has 5 nitrogen and oxygen atoms in total. The number of nitrogens with one attached hydrogen (secondary N) is 1. The molecule has 1 heterocycles. The second kappa shape index (κ2) is 45.9. The average molecular weight is 860 g/mol. The predicted octanol–water partition coefficient (Wildman–Crippen LogP) is 16.3. The molecular weight excluding hydrogens is 745 g/mol. The van der Waals surface area contributed by atoms with Crippen LogP contribution >= 0.6 is 0 Å². The van der Waals surface area contributed by atoms with Crippen LogP contribution < -0.4 is 5.32 Å². The molecule has 1 fully saturated rings. The maximum Gasteiger partial charge on any atom is 0.239 e. The molecule has 0 saturated carbocycles. The second-order valence-electron chi connectivity index (χ2n) is 20.2. The summed E-state index contributed by atoms with van der Waals surface area (Å²) in [5.74, 6) is 1.07. The smallest absolute Gasteiger partial charge is 0.239 e. The van der Waals surface area contributed by atoms with Gasteiger partial charge in [0.2, 0.25) is 5.91 Å². The molecule has 0 aliphatic carbocycles. The molecule has 1 saturated heterocycles. The van der Waals surface area contributed by atoms with Crippen molar-refractivity contribution in [3.05, 3.63) is 0 Å². The molecule has 2 atom stereocenters. The van der Waals surface area contributed by atoms with E-state index in [0.717, 1.165) is 32.6 Å². The van der Waals surface area contributed by atoms with Crippen molar-refractivity contribution >= 4 is 5.91 Å². The molecule has 1 aliphatic rings. The number of carbonyl (C=O) groups excluding carboxylic acids is 1. The summed E-state index contributed by atoms with van der Waals surface area (Å²) in [4.78, 5) is 22.5. The summed E-state index contributed by atoms with van der Waals surface area (Å²) in [6.45, 7) is 21.8. The highest BCUT2D eigenvalue weighted by Crippen LogP contribution is 2.23. The number of carbonyl (C=O) groups is 1. The van der Waals surface area contributed by atoms with E-state index in [4.69, 9.17) is 0 Å². The van der Waals surface area contributed by atoms with Gasteiger partial charge in [-0.15, -0.1) is 0 Å². The Morgan fingerprint density at radius 1 is 0.459 bits per heavy atom. The highest BCUT2D eigenvalue weighted by atomic mass is 16.2. The van der Waals surface area contributed by atoms with Gasteiger partial charge >= 0.3 is 0 Å². The fourth-order valence-corrected chi connectivity index (χ4v) is 9.91. The van der Waals surface area contributed by atoms with E-state index in [0.29, 0.717) is 11.8 Å². The summed E-state index contributed by atoms with van der Waals surface area (Å²) >= 11 is 0. The van der Waals surface area contributed by atoms with Gasteiger partial charge in [0.15, 0.2) is 0 Å². The third kappa shape index (κ3) is 36.3. The van der Waals surface area contributed by atoms with Crippen molar-refractivity contribution in [3.8, 4) is 0 Å². The topological polar surface area (TPSA) is 38.8 Å². The van der Waals surface area contributed by atoms with Crippen LogP contribution in [-0.4, -0.2) is 85.6 Å². The molecule has 2 unspecified atom stereocenters. The Bertz CT molecular complexity index is 847. The molecule has 0 radical (unpaired) electrons. The number of hydrogen-bond acceptors (Lipinski definition) is 4. The fraction of sp³-hybridized carbons (Fsp3) is 0.982. The molecular formula is C56H114N4O. The van der Waals surface area contributed by atoms with Crippen LogP contribution in [0.3, 0.4) is 0 Å². The van der Waals surface area contributed by atoms with E-state index in [1.54, 1.807) is 0 Å². The Balaban J connectivity index is 2.86. The van der Waals surface area contributed by atoms with Crippen molar-refractivity contribution in [2.45, 2.75) is 291 Å². The summed E-state index contributed by atoms with van der Waals surface area (Å²) in [5.41, 5.74) is 0. The number of likely N-dealkylation sites (tertiary alicyclic amines) is 1. The predicted molar refractivity (Wildman–Crippen MR) is 273 cm³/mol. The number of piperidine rings is 1. The van der Waals surface area contributed by atoms with Crippen LogP contribution in [0.1, 0.15) is 285 Å². The number of hydrogen-bond donors (Lipinski definition) is 1. The molecule has 5 heteroatoms. The minimum Gasteiger partial charge on any atom is -0.341 e. The van der Waals surface area contributed by atoms with Crippen molar-refractivity contribution in [2.24, 2.45) is 5.92 Å². The van der Waals surface area contributed by atoms with Gasteiger partial charge in [0.05, 0.1) is 6.04 Å². The van der Waals surface area contributed by atoms with Crippen LogP contribution in [0.5, 0.6) is 0 Å². The molecule has 0 aromatic rings. The van der Waals surface area contributed by atoms with Gasteiger partial charge in [0, 0.05) is 19.6 Å². The molecule has 61 heavy (non-hydrogen) atoms. The second-order valence-corrected chi connectivity index (χ2v) is 20.2. The number of unbranched alkanes of at least 4 members (excludes halogenated alkanes) is 30. The van der Waals surface area contributed by atoms with Gasteiger partial charge in [-0.05, 0) is 103 Å². The van der Waals surface area contributed by atoms with Crippen molar-refractivity contribution in [1.82, 2.24) is 20.0 Å². The number of nitrogens with zero attached hydrogens (tertiary/aromatic N) is 3. The maximum absolute atomic E-state index is 14.6. The summed E-state index contributed by atoms with van der Waals surface area (Å²) in [6, 6.07) is -0.0319. The Morgan fingerprint density at radius 2 is 0.803 bits per heavy atom. The molecule has 0 aromatic heterocycles. The summed E-state index contributed by atoms with van der Waals surface area (Å²) in [6.07, 6.45) is 52.6. The molecule has 364 valence electrons. The first kappa shape index (κ1) is 58.4. The van der Waals surface area contributed by atoms with Crippen molar-refractivity contribution in [1.29, 1.82) is 0 Å². The summed E-state index contributed by atoms with van der Waals surface area (Å²) in [5, 5.41) is 3.89. The van der Waals surface area contributed by atoms with Crippen molar-refractivity contribution < 1.29 is 4.79 Å². The monoisotopic (exact) mass is 859 g/mol. The fourth-order valence-electron chi connectivity index (χ4n) is 9.91. The quantitative estimate of drug-likeness (QED) is 0.0619. The van der Waals surface area contributed by atoms with Crippen LogP contribution in [-0.2, 0) is 4.79 Å². The van der Waals surface area contributed by atoms with Gasteiger partial charge in [0.25, 0.3) is 0 Å². The zero-order chi connectivity index (χ0) is 44.1. The Morgan fingerprint density at radius 3 is 1.20 bits per heavy atom. The highest BCUT2D eigenvalue weighted by Gasteiger charge is 2.29. The van der Waals surface area contributed by atoms with E-state index < -0.39 is 0 Å². The average Bonchev–Trinajstić information content (AvgIpc) is 3.28. The zero-order valence-corrected chi connectivity index (χ0v) is 42.8. The molecule has 1 rings (SSSR count). The van der Waals surface area contributed by atoms with Gasteiger partial charge < -0.3 is 20.0 Å². The first-order chi connectivity index (χ1) is 30.1. The lowest BCUT2D eigenvalue weighted by atomic mass is 9.93. The van der Waals surface area contributed by atoms with E-state index >= 15 is 0 Å². The zero-order valence-electron chi connectivity index (χ0n) is 42.8. The molecule has 0 aromatic carbocycles. The molecule has 1 amide bonds. The largest absolute Gasteiger partial charge is 0.341 e. The van der Waals surface area contributed by atoms with Crippen LogP contribution in [0.4, 0.5) is 0 Å². The van der Waals surface area contributed by atoms with E-state index in [9.17, 15) is 4.79 Å². The maximum atomic E-state index is 14.6. The first-order valence-electron chi connectivity index (χ1n) is 28.6. The molecule has 1 aliphatic heterocycles. The van der Waals surface area contributed by atoms with Crippen LogP contribution in [0.25, 0.3) is 0 Å². The van der Waals surface area contributed by atoms with E-state index in [-0.39, 0.29) is 6.04 Å². The standard InChI is InChI=1S/C56H114N4O/c1-6-11-16-21-26-31-36-45-57-55(44-52-59(48-39-34-29-24-19-14-9-4)49-40-35-30-25-20-15-10-5)56(61)60-50-41-42-54(53-60)43-51-58(46-37-32-27-22-17-12-7-2)47-38-33-28-23-18-13-8-3/h54-55,57H,6-53H2,1-5H3. The Labute approximate surface area is 385 Å². The van der Waals surface area contributed by atoms with E-state index in [2.05, 4.69) is 54.6 Å². The minimum atomic E-state index is -0.0319. The summed E-state index contributed by atoms with van der Waals surface area (Å²) < 4.78 is 0. The van der Waals surface area contributed by atoms with Crippen molar-refractivity contribution in [2.75, 3.05) is 58.9 Å². The lowest BCUT2D eigenvalue weighted by Gasteiger charge is -2.36. The lowest BCUT2D eigenvalue weighted by molar-refractivity contribution is -0.135. The van der Waals surface area contributed by atoms with Crippen LogP contribution in [0.2, 0.25) is 0 Å². The first-order valence-corrected chi connectivity index (χ1v) is 28.6. The third-order valence-corrected chi connectivity index (χ3v) is 14.2. The normalized spacial score (nSPS) is 15.1. The summed E-state index contributed by atoms with van der Waals surface area (Å²) in [7, 11) is 0. The van der Waals surface area contributed by atoms with E-state index in [1.807, 2.05) is 0 Å². The number of amides is 1. The van der Waals surface area contributed by atoms with Gasteiger partial charge in [-0.2, -0.15) is 0 Å². The lowest BCUT2D eigenvalue weighted by Crippen LogP contribution is -2.51. The van der Waals surface area contributed by atoms with Crippen LogP contribution in [0, 0.1) is 5.92 Å².